The highest BCUT2D eigenvalue weighted by molar-refractivity contribution is 7.92. The molecule has 0 spiro atoms. The fourth-order valence-electron chi connectivity index (χ4n) is 3.46. The van der Waals surface area contributed by atoms with E-state index in [1.165, 1.54) is 16.4 Å². The molecule has 0 atom stereocenters. The highest BCUT2D eigenvalue weighted by Gasteiger charge is 2.29. The number of sulfonamides is 1. The Bertz CT molecular complexity index is 1320. The molecule has 4 aromatic rings. The van der Waals surface area contributed by atoms with Crippen molar-refractivity contribution in [2.75, 3.05) is 10.8 Å². The van der Waals surface area contributed by atoms with Crippen molar-refractivity contribution >= 4 is 32.5 Å². The number of aromatic nitrogens is 4. The van der Waals surface area contributed by atoms with Crippen molar-refractivity contribution in [3.8, 4) is 0 Å². The van der Waals surface area contributed by atoms with Crippen LogP contribution in [0, 0.1) is 11.7 Å². The Balaban J connectivity index is 1.98. The highest BCUT2D eigenvalue weighted by Crippen LogP contribution is 2.29. The van der Waals surface area contributed by atoms with Crippen LogP contribution in [0.4, 0.5) is 10.2 Å². The Kier molecular flexibility index (Phi) is 5.15. The van der Waals surface area contributed by atoms with E-state index in [4.69, 9.17) is 0 Å². The van der Waals surface area contributed by atoms with E-state index < -0.39 is 15.8 Å². The average molecular weight is 428 g/mol. The number of halogens is 1. The van der Waals surface area contributed by atoms with Gasteiger partial charge in [-0.3, -0.25) is 4.40 Å². The third-order valence-corrected chi connectivity index (χ3v) is 6.67. The summed E-state index contributed by atoms with van der Waals surface area (Å²) in [6.45, 7) is 6.03. The van der Waals surface area contributed by atoms with E-state index in [1.54, 1.807) is 6.92 Å². The minimum atomic E-state index is -3.97. The summed E-state index contributed by atoms with van der Waals surface area (Å²) in [4.78, 5) is 4.61. The fraction of sp³-hybridized carbons (Fsp3) is 0.286. The first-order valence-electron chi connectivity index (χ1n) is 9.74. The van der Waals surface area contributed by atoms with Gasteiger partial charge >= 0.3 is 0 Å². The number of hydrogen-bond acceptors (Lipinski definition) is 5. The van der Waals surface area contributed by atoms with Crippen LogP contribution in [0.3, 0.4) is 0 Å². The monoisotopic (exact) mass is 427 g/mol. The number of benzene rings is 2. The van der Waals surface area contributed by atoms with Gasteiger partial charge in [-0.05, 0) is 49.2 Å². The maximum atomic E-state index is 13.3. The standard InChI is InChI=1S/C21H22FN5O2S/c1-4-26(30(28,29)16-11-9-15(22)10-12-16)20-21-25-24-19(13-14(2)3)27(21)18-8-6-5-7-17(18)23-20/h5-12,14H,4,13H2,1-3H3. The van der Waals surface area contributed by atoms with E-state index in [9.17, 15) is 12.8 Å². The van der Waals surface area contributed by atoms with E-state index in [0.29, 0.717) is 23.5 Å². The topological polar surface area (TPSA) is 80.5 Å². The SMILES string of the molecule is CCN(c1nc2ccccc2n2c(CC(C)C)nnc12)S(=O)(=O)c1ccc(F)cc1. The second-order valence-electron chi connectivity index (χ2n) is 7.42. The van der Waals surface area contributed by atoms with E-state index in [0.717, 1.165) is 23.5 Å². The Morgan fingerprint density at radius 1 is 1.07 bits per heavy atom. The lowest BCUT2D eigenvalue weighted by Gasteiger charge is -2.22. The number of anilines is 1. The summed E-state index contributed by atoms with van der Waals surface area (Å²) in [5.41, 5.74) is 1.82. The zero-order valence-corrected chi connectivity index (χ0v) is 17.8. The van der Waals surface area contributed by atoms with Gasteiger partial charge in [-0.1, -0.05) is 26.0 Å². The third-order valence-electron chi connectivity index (χ3n) is 4.79. The Morgan fingerprint density at radius 3 is 2.43 bits per heavy atom. The molecule has 2 aromatic carbocycles. The summed E-state index contributed by atoms with van der Waals surface area (Å²) in [7, 11) is -3.97. The molecule has 0 radical (unpaired) electrons. The van der Waals surface area contributed by atoms with Crippen LogP contribution in [0.15, 0.2) is 53.4 Å². The Hall–Kier alpha value is -3.07. The molecule has 0 aliphatic carbocycles. The van der Waals surface area contributed by atoms with E-state index in [-0.39, 0.29) is 17.3 Å². The summed E-state index contributed by atoms with van der Waals surface area (Å²) in [6.07, 6.45) is 0.686. The minimum Gasteiger partial charge on any atom is -0.274 e. The summed E-state index contributed by atoms with van der Waals surface area (Å²) < 4.78 is 43.1. The molecule has 4 rings (SSSR count). The molecule has 30 heavy (non-hydrogen) atoms. The number of fused-ring (bicyclic) bond motifs is 3. The molecular weight excluding hydrogens is 405 g/mol. The second-order valence-corrected chi connectivity index (χ2v) is 9.28. The lowest BCUT2D eigenvalue weighted by atomic mass is 10.1. The van der Waals surface area contributed by atoms with Gasteiger partial charge < -0.3 is 0 Å². The number of nitrogens with zero attached hydrogens (tertiary/aromatic N) is 5. The number of para-hydroxylation sites is 2. The van der Waals surface area contributed by atoms with Gasteiger partial charge in [0.1, 0.15) is 11.6 Å². The first kappa shape index (κ1) is 20.2. The molecule has 2 aromatic heterocycles. The maximum absolute atomic E-state index is 13.3. The quantitative estimate of drug-likeness (QED) is 0.467. The molecule has 0 amide bonds. The third kappa shape index (κ3) is 3.39. The van der Waals surface area contributed by atoms with Crippen molar-refractivity contribution in [3.05, 3.63) is 60.2 Å². The number of rotatable bonds is 6. The summed E-state index contributed by atoms with van der Waals surface area (Å²) in [5, 5.41) is 8.63. The molecule has 0 unspecified atom stereocenters. The van der Waals surface area contributed by atoms with Crippen molar-refractivity contribution in [1.29, 1.82) is 0 Å². The molecule has 9 heteroatoms. The van der Waals surface area contributed by atoms with Crippen molar-refractivity contribution in [2.24, 2.45) is 5.92 Å². The molecule has 0 N–H and O–H groups in total. The van der Waals surface area contributed by atoms with Gasteiger partial charge in [-0.15, -0.1) is 10.2 Å². The molecular formula is C21H22FN5O2S. The summed E-state index contributed by atoms with van der Waals surface area (Å²) >= 11 is 0. The first-order valence-corrected chi connectivity index (χ1v) is 11.2. The first-order chi connectivity index (χ1) is 14.3. The predicted octanol–water partition coefficient (Wildman–Crippen LogP) is 3.83. The number of hydrogen-bond donors (Lipinski definition) is 0. The zero-order chi connectivity index (χ0) is 21.5. The molecule has 7 nitrogen and oxygen atoms in total. The Morgan fingerprint density at radius 2 is 1.77 bits per heavy atom. The van der Waals surface area contributed by atoms with Gasteiger partial charge in [0.25, 0.3) is 10.0 Å². The zero-order valence-electron chi connectivity index (χ0n) is 16.9. The van der Waals surface area contributed by atoms with Crippen LogP contribution in [0.25, 0.3) is 16.7 Å². The minimum absolute atomic E-state index is 0.0132. The van der Waals surface area contributed by atoms with Crippen LogP contribution in [-0.4, -0.2) is 34.5 Å². The van der Waals surface area contributed by atoms with Crippen LogP contribution >= 0.6 is 0 Å². The molecule has 2 heterocycles. The fourth-order valence-corrected chi connectivity index (χ4v) is 4.88. The molecule has 0 saturated heterocycles. The molecule has 0 fully saturated rings. The van der Waals surface area contributed by atoms with E-state index >= 15 is 0 Å². The van der Waals surface area contributed by atoms with Crippen molar-refractivity contribution in [3.63, 3.8) is 0 Å². The van der Waals surface area contributed by atoms with Gasteiger partial charge in [0, 0.05) is 13.0 Å². The van der Waals surface area contributed by atoms with Crippen LogP contribution in [-0.2, 0) is 16.4 Å². The van der Waals surface area contributed by atoms with Crippen molar-refractivity contribution < 1.29 is 12.8 Å². The van der Waals surface area contributed by atoms with Crippen LogP contribution < -0.4 is 4.31 Å². The van der Waals surface area contributed by atoms with Crippen molar-refractivity contribution in [1.82, 2.24) is 19.6 Å². The second kappa shape index (κ2) is 7.64. The largest absolute Gasteiger partial charge is 0.274 e. The average Bonchev–Trinajstić information content (AvgIpc) is 3.12. The molecule has 0 bridgehead atoms. The normalized spacial score (nSPS) is 12.2. The lowest BCUT2D eigenvalue weighted by molar-refractivity contribution is 0.590. The van der Waals surface area contributed by atoms with Crippen LogP contribution in [0.2, 0.25) is 0 Å². The van der Waals surface area contributed by atoms with Crippen LogP contribution in [0.1, 0.15) is 26.6 Å². The lowest BCUT2D eigenvalue weighted by Crippen LogP contribution is -2.32. The smallest absolute Gasteiger partial charge is 0.265 e. The van der Waals surface area contributed by atoms with Gasteiger partial charge in [0.2, 0.25) is 5.65 Å². The highest BCUT2D eigenvalue weighted by atomic mass is 32.2. The van der Waals surface area contributed by atoms with E-state index in [2.05, 4.69) is 29.0 Å². The predicted molar refractivity (Wildman–Crippen MR) is 113 cm³/mol. The van der Waals surface area contributed by atoms with Crippen molar-refractivity contribution in [2.45, 2.75) is 32.1 Å². The van der Waals surface area contributed by atoms with E-state index in [1.807, 2.05) is 28.7 Å². The molecule has 0 aliphatic rings. The van der Waals surface area contributed by atoms with Gasteiger partial charge in [0.05, 0.1) is 15.9 Å². The maximum Gasteiger partial charge on any atom is 0.265 e. The van der Waals surface area contributed by atoms with Gasteiger partial charge in [-0.2, -0.15) is 0 Å². The molecule has 0 aliphatic heterocycles. The molecule has 0 saturated carbocycles. The van der Waals surface area contributed by atoms with Gasteiger partial charge in [0.15, 0.2) is 5.82 Å². The Labute approximate surface area is 174 Å². The summed E-state index contributed by atoms with van der Waals surface area (Å²) in [5.74, 6) is 0.787. The summed E-state index contributed by atoms with van der Waals surface area (Å²) in [6, 6.07) is 12.2. The van der Waals surface area contributed by atoms with Gasteiger partial charge in [-0.25, -0.2) is 22.1 Å². The molecule has 156 valence electrons. The van der Waals surface area contributed by atoms with Crippen LogP contribution in [0.5, 0.6) is 0 Å².